The Morgan fingerprint density at radius 1 is 1.50 bits per heavy atom. The summed E-state index contributed by atoms with van der Waals surface area (Å²) in [6.07, 6.45) is 2.37. The average Bonchev–Trinajstić information content (AvgIpc) is 2.85. The zero-order valence-corrected chi connectivity index (χ0v) is 11.2. The molecule has 1 unspecified atom stereocenters. The molecule has 2 rings (SSSR count). The van der Waals surface area contributed by atoms with Crippen molar-refractivity contribution in [3.05, 3.63) is 35.9 Å². The lowest BCUT2D eigenvalue weighted by Crippen LogP contribution is -2.42. The number of ether oxygens (including phenoxy) is 1. The van der Waals surface area contributed by atoms with Gasteiger partial charge in [-0.2, -0.15) is 11.8 Å². The number of carbonyl (C=O) groups is 1. The summed E-state index contributed by atoms with van der Waals surface area (Å²) in [5, 5.41) is 4.05. The minimum Gasteiger partial charge on any atom is -0.466 e. The number of benzene rings is 1. The Kier molecular flexibility index (Phi) is 3.91. The Hall–Kier alpha value is -1.49. The number of hydrogen-bond acceptors (Lipinski definition) is 5. The van der Waals surface area contributed by atoms with Crippen molar-refractivity contribution in [1.29, 1.82) is 0 Å². The number of thioether (sulfide) groups is 1. The third-order valence-corrected chi connectivity index (χ3v) is 3.58. The Balaban J connectivity index is 2.19. The second-order valence-electron chi connectivity index (χ2n) is 4.09. The minimum absolute atomic E-state index is 0.369. The second-order valence-corrected chi connectivity index (χ2v) is 4.96. The van der Waals surface area contributed by atoms with Crippen LogP contribution in [-0.2, 0) is 14.4 Å². The largest absolute Gasteiger partial charge is 0.466 e. The van der Waals surface area contributed by atoms with Crippen LogP contribution in [0.4, 0.5) is 0 Å². The smallest absolute Gasteiger partial charge is 0.354 e. The molecular weight excluding hydrogens is 250 g/mol. The van der Waals surface area contributed by atoms with Gasteiger partial charge in [-0.05, 0) is 11.8 Å². The minimum atomic E-state index is -0.973. The van der Waals surface area contributed by atoms with Crippen LogP contribution in [0, 0.1) is 0 Å². The molecule has 0 spiro atoms. The van der Waals surface area contributed by atoms with Crippen LogP contribution in [0.2, 0.25) is 0 Å². The van der Waals surface area contributed by atoms with Crippen LogP contribution < -0.4 is 0 Å². The fraction of sp³-hybridized carbons (Fsp3) is 0.385. The fourth-order valence-electron chi connectivity index (χ4n) is 1.93. The number of nitrogens with zero attached hydrogens (tertiary/aromatic N) is 1. The zero-order valence-electron chi connectivity index (χ0n) is 10.4. The number of hydrogen-bond donors (Lipinski definition) is 0. The van der Waals surface area contributed by atoms with Crippen LogP contribution in [0.25, 0.3) is 0 Å². The van der Waals surface area contributed by atoms with E-state index in [1.807, 2.05) is 36.6 Å². The lowest BCUT2D eigenvalue weighted by Gasteiger charge is -2.22. The molecule has 18 heavy (non-hydrogen) atoms. The molecule has 1 aliphatic rings. The molecule has 0 saturated carbocycles. The summed E-state index contributed by atoms with van der Waals surface area (Å²) in [6.45, 7) is 0. The first-order valence-electron chi connectivity index (χ1n) is 5.60. The van der Waals surface area contributed by atoms with E-state index < -0.39 is 5.60 Å². The van der Waals surface area contributed by atoms with E-state index in [-0.39, 0.29) is 5.97 Å². The summed E-state index contributed by atoms with van der Waals surface area (Å²) in [5.41, 5.74) is 0.790. The summed E-state index contributed by atoms with van der Waals surface area (Å²) in [6, 6.07) is 9.72. The van der Waals surface area contributed by atoms with Crippen molar-refractivity contribution in [2.75, 3.05) is 19.1 Å². The molecule has 1 aromatic rings. The highest BCUT2D eigenvalue weighted by Gasteiger charge is 2.47. The molecule has 0 saturated heterocycles. The van der Waals surface area contributed by atoms with E-state index in [1.165, 1.54) is 18.9 Å². The van der Waals surface area contributed by atoms with Gasteiger partial charge in [-0.3, -0.25) is 0 Å². The van der Waals surface area contributed by atoms with E-state index in [0.717, 1.165) is 11.3 Å². The standard InChI is InChI=1S/C13H15NO3S/c1-16-12(15)13(9-18-2)8-11(14-17-13)10-6-4-3-5-7-10/h3-7H,8-9H2,1-2H3. The van der Waals surface area contributed by atoms with Crippen LogP contribution in [0.5, 0.6) is 0 Å². The van der Waals surface area contributed by atoms with Crippen molar-refractivity contribution >= 4 is 23.4 Å². The Labute approximate surface area is 110 Å². The van der Waals surface area contributed by atoms with Gasteiger partial charge in [0.15, 0.2) is 0 Å². The topological polar surface area (TPSA) is 47.9 Å². The van der Waals surface area contributed by atoms with Crippen LogP contribution in [0.3, 0.4) is 0 Å². The van der Waals surface area contributed by atoms with Crippen LogP contribution in [-0.4, -0.2) is 36.4 Å². The average molecular weight is 265 g/mol. The Morgan fingerprint density at radius 2 is 2.22 bits per heavy atom. The SMILES string of the molecule is COC(=O)C1(CSC)CC(c2ccccc2)=NO1. The van der Waals surface area contributed by atoms with Crippen LogP contribution in [0.1, 0.15) is 12.0 Å². The molecule has 1 atom stereocenters. The van der Waals surface area contributed by atoms with Gasteiger partial charge < -0.3 is 9.57 Å². The summed E-state index contributed by atoms with van der Waals surface area (Å²) < 4.78 is 4.82. The van der Waals surface area contributed by atoms with Crippen molar-refractivity contribution in [2.24, 2.45) is 5.16 Å². The maximum Gasteiger partial charge on any atom is 0.354 e. The second kappa shape index (κ2) is 5.44. The molecule has 0 aromatic heterocycles. The van der Waals surface area contributed by atoms with Crippen LogP contribution >= 0.6 is 11.8 Å². The third kappa shape index (κ3) is 2.36. The van der Waals surface area contributed by atoms with E-state index in [2.05, 4.69) is 5.16 Å². The van der Waals surface area contributed by atoms with Crippen molar-refractivity contribution in [1.82, 2.24) is 0 Å². The molecule has 0 fully saturated rings. The monoisotopic (exact) mass is 265 g/mol. The molecular formula is C13H15NO3S. The third-order valence-electron chi connectivity index (χ3n) is 2.83. The van der Waals surface area contributed by atoms with Crippen molar-refractivity contribution < 1.29 is 14.4 Å². The highest BCUT2D eigenvalue weighted by atomic mass is 32.2. The molecule has 4 nitrogen and oxygen atoms in total. The molecule has 96 valence electrons. The summed E-state index contributed by atoms with van der Waals surface area (Å²) >= 11 is 1.54. The first kappa shape index (κ1) is 13.0. The van der Waals surface area contributed by atoms with E-state index in [9.17, 15) is 4.79 Å². The van der Waals surface area contributed by atoms with Gasteiger partial charge in [0.1, 0.15) is 0 Å². The summed E-state index contributed by atoms with van der Waals surface area (Å²) in [4.78, 5) is 17.3. The van der Waals surface area contributed by atoms with Gasteiger partial charge in [-0.25, -0.2) is 4.79 Å². The predicted molar refractivity (Wildman–Crippen MR) is 71.8 cm³/mol. The van der Waals surface area contributed by atoms with Gasteiger partial charge >= 0.3 is 5.97 Å². The fourth-order valence-corrected chi connectivity index (χ4v) is 2.67. The van der Waals surface area contributed by atoms with E-state index >= 15 is 0 Å². The van der Waals surface area contributed by atoms with E-state index in [4.69, 9.17) is 9.57 Å². The maximum absolute atomic E-state index is 11.9. The molecule has 0 aliphatic carbocycles. The lowest BCUT2D eigenvalue weighted by atomic mass is 9.96. The molecule has 1 heterocycles. The summed E-state index contributed by atoms with van der Waals surface area (Å²) in [7, 11) is 1.37. The van der Waals surface area contributed by atoms with Gasteiger partial charge in [-0.1, -0.05) is 35.5 Å². The Bertz CT molecular complexity index is 461. The number of methoxy groups -OCH3 is 1. The normalized spacial score (nSPS) is 22.2. The molecule has 1 aliphatic heterocycles. The quantitative estimate of drug-likeness (QED) is 0.782. The van der Waals surface area contributed by atoms with Gasteiger partial charge in [0, 0.05) is 12.2 Å². The molecule has 0 radical (unpaired) electrons. The van der Waals surface area contributed by atoms with Crippen LogP contribution in [0.15, 0.2) is 35.5 Å². The molecule has 0 bridgehead atoms. The highest BCUT2D eigenvalue weighted by Crippen LogP contribution is 2.30. The van der Waals surface area contributed by atoms with E-state index in [0.29, 0.717) is 12.2 Å². The number of carbonyl (C=O) groups excluding carboxylic acids is 1. The first-order valence-corrected chi connectivity index (χ1v) is 6.99. The molecule has 1 aromatic carbocycles. The highest BCUT2D eigenvalue weighted by molar-refractivity contribution is 7.98. The van der Waals surface area contributed by atoms with Crippen molar-refractivity contribution in [2.45, 2.75) is 12.0 Å². The number of rotatable bonds is 4. The maximum atomic E-state index is 11.9. The first-order chi connectivity index (χ1) is 8.72. The summed E-state index contributed by atoms with van der Waals surface area (Å²) in [5.74, 6) is 0.158. The molecule has 0 amide bonds. The van der Waals surface area contributed by atoms with Crippen molar-refractivity contribution in [3.63, 3.8) is 0 Å². The molecule has 5 heteroatoms. The van der Waals surface area contributed by atoms with Gasteiger partial charge in [0.25, 0.3) is 0 Å². The predicted octanol–water partition coefficient (Wildman–Crippen LogP) is 2.09. The number of oxime groups is 1. The Morgan fingerprint density at radius 3 is 2.83 bits per heavy atom. The molecule has 0 N–H and O–H groups in total. The van der Waals surface area contributed by atoms with E-state index in [1.54, 1.807) is 0 Å². The van der Waals surface area contributed by atoms with Gasteiger partial charge in [0.05, 0.1) is 12.8 Å². The lowest BCUT2D eigenvalue weighted by molar-refractivity contribution is -0.163. The number of esters is 1. The van der Waals surface area contributed by atoms with Gasteiger partial charge in [-0.15, -0.1) is 0 Å². The van der Waals surface area contributed by atoms with Crippen molar-refractivity contribution in [3.8, 4) is 0 Å². The zero-order chi connectivity index (χ0) is 13.0. The van der Waals surface area contributed by atoms with Gasteiger partial charge in [0.2, 0.25) is 5.60 Å².